The molecule has 0 aliphatic rings. The third-order valence-corrected chi connectivity index (χ3v) is 5.28. The quantitative estimate of drug-likeness (QED) is 0.583. The van der Waals surface area contributed by atoms with Crippen molar-refractivity contribution in [3.63, 3.8) is 0 Å². The summed E-state index contributed by atoms with van der Waals surface area (Å²) in [7, 11) is 0. The molecule has 0 unspecified atom stereocenters. The highest BCUT2D eigenvalue weighted by molar-refractivity contribution is 5.97. The molecule has 152 valence electrons. The number of hydrogen-bond donors (Lipinski definition) is 2. The van der Waals surface area contributed by atoms with Gasteiger partial charge in [0.05, 0.1) is 17.1 Å². The molecule has 4 nitrogen and oxygen atoms in total. The normalized spacial score (nSPS) is 12.6. The zero-order valence-corrected chi connectivity index (χ0v) is 18.3. The SMILES string of the molecule is CCNc1ccc([C@@H](C)NC(=O)c2cnc3cc(C(C)(C)C)ccc3c2)cc1C. The number of aromatic nitrogens is 1. The summed E-state index contributed by atoms with van der Waals surface area (Å²) in [5.74, 6) is -0.111. The van der Waals surface area contributed by atoms with Gasteiger partial charge in [-0.1, -0.05) is 45.0 Å². The van der Waals surface area contributed by atoms with Crippen LogP contribution in [0.25, 0.3) is 10.9 Å². The minimum Gasteiger partial charge on any atom is -0.385 e. The fraction of sp³-hybridized carbons (Fsp3) is 0.360. The summed E-state index contributed by atoms with van der Waals surface area (Å²) in [5, 5.41) is 7.41. The smallest absolute Gasteiger partial charge is 0.253 e. The summed E-state index contributed by atoms with van der Waals surface area (Å²) in [6.45, 7) is 13.6. The second-order valence-electron chi connectivity index (χ2n) is 8.68. The van der Waals surface area contributed by atoms with Crippen molar-refractivity contribution in [2.75, 3.05) is 11.9 Å². The molecule has 1 aromatic heterocycles. The van der Waals surface area contributed by atoms with Crippen LogP contribution in [0.2, 0.25) is 0 Å². The van der Waals surface area contributed by atoms with Crippen LogP contribution in [-0.4, -0.2) is 17.4 Å². The molecule has 1 amide bonds. The van der Waals surface area contributed by atoms with Crippen LogP contribution in [-0.2, 0) is 5.41 Å². The number of pyridine rings is 1. The summed E-state index contributed by atoms with van der Waals surface area (Å²) >= 11 is 0. The third-order valence-electron chi connectivity index (χ3n) is 5.28. The highest BCUT2D eigenvalue weighted by atomic mass is 16.1. The molecule has 0 radical (unpaired) electrons. The van der Waals surface area contributed by atoms with E-state index in [1.807, 2.05) is 19.1 Å². The van der Waals surface area contributed by atoms with E-state index >= 15 is 0 Å². The third kappa shape index (κ3) is 4.76. The van der Waals surface area contributed by atoms with Crippen LogP contribution in [0.1, 0.15) is 67.7 Å². The van der Waals surface area contributed by atoms with Gasteiger partial charge in [0.15, 0.2) is 0 Å². The summed E-state index contributed by atoms with van der Waals surface area (Å²) in [6.07, 6.45) is 1.66. The first-order chi connectivity index (χ1) is 13.7. The standard InChI is InChI=1S/C25H31N3O/c1-7-26-22-11-9-18(12-16(22)2)17(3)28-24(29)20-13-19-8-10-21(25(4,5)6)14-23(19)27-15-20/h8-15,17,26H,7H2,1-6H3,(H,28,29)/t17-/m1/s1. The van der Waals surface area contributed by atoms with Crippen LogP contribution in [0, 0.1) is 6.92 Å². The number of carbonyl (C=O) groups excluding carboxylic acids is 1. The van der Waals surface area contributed by atoms with Gasteiger partial charge in [-0.15, -0.1) is 0 Å². The van der Waals surface area contributed by atoms with E-state index in [0.717, 1.165) is 28.7 Å². The van der Waals surface area contributed by atoms with E-state index < -0.39 is 0 Å². The lowest BCUT2D eigenvalue weighted by Gasteiger charge is -2.19. The van der Waals surface area contributed by atoms with Crippen LogP contribution < -0.4 is 10.6 Å². The van der Waals surface area contributed by atoms with Crippen LogP contribution in [0.4, 0.5) is 5.69 Å². The lowest BCUT2D eigenvalue weighted by atomic mass is 9.86. The number of nitrogens with zero attached hydrogens (tertiary/aromatic N) is 1. The Kier molecular flexibility index (Phi) is 5.92. The Morgan fingerprint density at radius 3 is 2.52 bits per heavy atom. The maximum atomic E-state index is 12.8. The number of hydrogen-bond acceptors (Lipinski definition) is 3. The van der Waals surface area contributed by atoms with Crippen molar-refractivity contribution < 1.29 is 4.79 Å². The van der Waals surface area contributed by atoms with E-state index in [-0.39, 0.29) is 17.4 Å². The number of aryl methyl sites for hydroxylation is 1. The molecule has 0 aliphatic heterocycles. The first-order valence-corrected chi connectivity index (χ1v) is 10.2. The van der Waals surface area contributed by atoms with Crippen molar-refractivity contribution in [3.8, 4) is 0 Å². The first kappa shape index (κ1) is 20.8. The number of benzene rings is 2. The number of carbonyl (C=O) groups is 1. The zero-order valence-electron chi connectivity index (χ0n) is 18.3. The molecule has 0 aliphatic carbocycles. The molecule has 29 heavy (non-hydrogen) atoms. The zero-order chi connectivity index (χ0) is 21.2. The van der Waals surface area contributed by atoms with E-state index in [0.29, 0.717) is 5.56 Å². The highest BCUT2D eigenvalue weighted by Crippen LogP contribution is 2.26. The van der Waals surface area contributed by atoms with E-state index in [2.05, 4.69) is 80.6 Å². The van der Waals surface area contributed by atoms with Crippen LogP contribution in [0.5, 0.6) is 0 Å². The molecule has 3 aromatic rings. The Morgan fingerprint density at radius 2 is 1.86 bits per heavy atom. The van der Waals surface area contributed by atoms with Gasteiger partial charge in [0.25, 0.3) is 5.91 Å². The monoisotopic (exact) mass is 389 g/mol. The van der Waals surface area contributed by atoms with Gasteiger partial charge in [-0.2, -0.15) is 0 Å². The van der Waals surface area contributed by atoms with Crippen LogP contribution >= 0.6 is 0 Å². The van der Waals surface area contributed by atoms with Crippen molar-refractivity contribution in [2.24, 2.45) is 0 Å². The molecule has 2 aromatic carbocycles. The van der Waals surface area contributed by atoms with Crippen LogP contribution in [0.15, 0.2) is 48.7 Å². The molecule has 0 saturated carbocycles. The van der Waals surface area contributed by atoms with E-state index in [1.54, 1.807) is 6.20 Å². The van der Waals surface area contributed by atoms with Crippen LogP contribution in [0.3, 0.4) is 0 Å². The van der Waals surface area contributed by atoms with Crippen molar-refractivity contribution >= 4 is 22.5 Å². The molecule has 0 bridgehead atoms. The van der Waals surface area contributed by atoms with E-state index in [9.17, 15) is 4.79 Å². The maximum absolute atomic E-state index is 12.8. The molecule has 1 heterocycles. The molecule has 1 atom stereocenters. The number of fused-ring (bicyclic) bond motifs is 1. The Hall–Kier alpha value is -2.88. The van der Waals surface area contributed by atoms with Gasteiger partial charge in [0, 0.05) is 23.8 Å². The second-order valence-corrected chi connectivity index (χ2v) is 8.68. The van der Waals surface area contributed by atoms with E-state index in [4.69, 9.17) is 0 Å². The van der Waals surface area contributed by atoms with Gasteiger partial charge >= 0.3 is 0 Å². The Balaban J connectivity index is 1.77. The average molecular weight is 390 g/mol. The molecule has 0 saturated heterocycles. The summed E-state index contributed by atoms with van der Waals surface area (Å²) in [5.41, 5.74) is 6.18. The molecule has 2 N–H and O–H groups in total. The van der Waals surface area contributed by atoms with E-state index in [1.165, 1.54) is 11.1 Å². The van der Waals surface area contributed by atoms with Gasteiger partial charge in [-0.25, -0.2) is 0 Å². The van der Waals surface area contributed by atoms with Crippen molar-refractivity contribution in [2.45, 2.75) is 53.0 Å². The fourth-order valence-electron chi connectivity index (χ4n) is 3.42. The summed E-state index contributed by atoms with van der Waals surface area (Å²) < 4.78 is 0. The summed E-state index contributed by atoms with van der Waals surface area (Å²) in [6, 6.07) is 14.3. The van der Waals surface area contributed by atoms with Gasteiger partial charge in [0.1, 0.15) is 0 Å². The minimum absolute atomic E-state index is 0.0711. The molecule has 4 heteroatoms. The van der Waals surface area contributed by atoms with Gasteiger partial charge in [-0.3, -0.25) is 9.78 Å². The Morgan fingerprint density at radius 1 is 1.10 bits per heavy atom. The molecule has 0 fully saturated rings. The predicted octanol–water partition coefficient (Wildman–Crippen LogP) is 5.76. The highest BCUT2D eigenvalue weighted by Gasteiger charge is 2.16. The van der Waals surface area contributed by atoms with Crippen molar-refractivity contribution in [1.82, 2.24) is 10.3 Å². The number of nitrogens with one attached hydrogen (secondary N) is 2. The predicted molar refractivity (Wildman–Crippen MR) is 122 cm³/mol. The largest absolute Gasteiger partial charge is 0.385 e. The molecule has 3 rings (SSSR count). The second kappa shape index (κ2) is 8.24. The molecular formula is C25H31N3O. The minimum atomic E-state index is -0.111. The Bertz CT molecular complexity index is 1030. The molecular weight excluding hydrogens is 358 g/mol. The number of rotatable bonds is 5. The van der Waals surface area contributed by atoms with Crippen molar-refractivity contribution in [1.29, 1.82) is 0 Å². The van der Waals surface area contributed by atoms with Gasteiger partial charge in [0.2, 0.25) is 0 Å². The Labute approximate surface area is 173 Å². The first-order valence-electron chi connectivity index (χ1n) is 10.2. The average Bonchev–Trinajstić information content (AvgIpc) is 2.68. The van der Waals surface area contributed by atoms with Crippen molar-refractivity contribution in [3.05, 3.63) is 70.9 Å². The lowest BCUT2D eigenvalue weighted by Crippen LogP contribution is -2.26. The fourth-order valence-corrected chi connectivity index (χ4v) is 3.42. The van der Waals surface area contributed by atoms with Gasteiger partial charge < -0.3 is 10.6 Å². The maximum Gasteiger partial charge on any atom is 0.253 e. The number of amides is 1. The van der Waals surface area contributed by atoms with Gasteiger partial charge in [-0.05, 0) is 61.1 Å². The number of anilines is 1. The lowest BCUT2D eigenvalue weighted by molar-refractivity contribution is 0.0939. The molecule has 0 spiro atoms. The summed E-state index contributed by atoms with van der Waals surface area (Å²) in [4.78, 5) is 17.3. The topological polar surface area (TPSA) is 54.0 Å².